The highest BCUT2D eigenvalue weighted by atomic mass is 16.7. The lowest BCUT2D eigenvalue weighted by Crippen LogP contribution is -2.61. The van der Waals surface area contributed by atoms with E-state index in [0.29, 0.717) is 24.8 Å². The summed E-state index contributed by atoms with van der Waals surface area (Å²) in [5, 5.41) is 0. The summed E-state index contributed by atoms with van der Waals surface area (Å²) < 4.78 is 16.9. The molecule has 0 aliphatic carbocycles. The second-order valence-corrected chi connectivity index (χ2v) is 8.61. The predicted octanol–water partition coefficient (Wildman–Crippen LogP) is 2.46. The SMILES string of the molecule is c1cc2c(cc1[C@@H]1CN(C3CCOCC3)[C@H]3C4CCN(CC4)[C@@H]13)OCO2. The Bertz CT molecular complexity index is 682. The van der Waals surface area contributed by atoms with Crippen LogP contribution in [0.15, 0.2) is 18.2 Å². The highest BCUT2D eigenvalue weighted by Crippen LogP contribution is 2.49. The molecular formula is C21H28N2O3. The van der Waals surface area contributed by atoms with Crippen LogP contribution in [-0.4, -0.2) is 67.6 Å². The fourth-order valence-electron chi connectivity index (χ4n) is 6.33. The molecule has 6 aliphatic rings. The Hall–Kier alpha value is -1.30. The van der Waals surface area contributed by atoms with Crippen LogP contribution in [0.2, 0.25) is 0 Å². The summed E-state index contributed by atoms with van der Waals surface area (Å²) in [6, 6.07) is 8.75. The number of hydrogen-bond acceptors (Lipinski definition) is 5. The average molecular weight is 356 g/mol. The quantitative estimate of drug-likeness (QED) is 0.813. The predicted molar refractivity (Wildman–Crippen MR) is 97.7 cm³/mol. The number of rotatable bonds is 2. The van der Waals surface area contributed by atoms with E-state index in [1.165, 1.54) is 50.9 Å². The van der Waals surface area contributed by atoms with Crippen LogP contribution >= 0.6 is 0 Å². The molecule has 6 aliphatic heterocycles. The summed E-state index contributed by atoms with van der Waals surface area (Å²) in [5.74, 6) is 3.29. The van der Waals surface area contributed by atoms with Crippen molar-refractivity contribution in [2.24, 2.45) is 5.92 Å². The molecule has 0 spiro atoms. The number of piperidine rings is 3. The molecule has 5 fully saturated rings. The number of nitrogens with zero attached hydrogens (tertiary/aromatic N) is 2. The maximum absolute atomic E-state index is 5.67. The molecule has 3 atom stereocenters. The smallest absolute Gasteiger partial charge is 0.231 e. The highest BCUT2D eigenvalue weighted by molar-refractivity contribution is 5.46. The number of likely N-dealkylation sites (tertiary alicyclic amines) is 1. The van der Waals surface area contributed by atoms with Gasteiger partial charge in [-0.05, 0) is 62.4 Å². The normalized spacial score (nSPS) is 39.3. The monoisotopic (exact) mass is 356 g/mol. The van der Waals surface area contributed by atoms with Gasteiger partial charge in [-0.1, -0.05) is 6.07 Å². The van der Waals surface area contributed by atoms with Crippen LogP contribution in [0.4, 0.5) is 0 Å². The van der Waals surface area contributed by atoms with Crippen LogP contribution in [0.1, 0.15) is 37.2 Å². The Morgan fingerprint density at radius 3 is 2.54 bits per heavy atom. The molecule has 140 valence electrons. The molecule has 0 unspecified atom stereocenters. The molecule has 7 rings (SSSR count). The summed E-state index contributed by atoms with van der Waals surface area (Å²) in [5.41, 5.74) is 1.44. The Balaban J connectivity index is 1.36. The van der Waals surface area contributed by atoms with Gasteiger partial charge < -0.3 is 14.2 Å². The van der Waals surface area contributed by atoms with E-state index in [2.05, 4.69) is 28.0 Å². The van der Waals surface area contributed by atoms with Gasteiger partial charge in [0.15, 0.2) is 11.5 Å². The molecule has 2 bridgehead atoms. The van der Waals surface area contributed by atoms with Gasteiger partial charge in [-0.15, -0.1) is 0 Å². The van der Waals surface area contributed by atoms with Gasteiger partial charge in [-0.2, -0.15) is 0 Å². The molecule has 0 aromatic heterocycles. The standard InChI is InChI=1S/C21H28N2O3/c1-2-18-19(26-13-25-18)11-15(1)17-12-23(16-5-9-24-10-6-16)20-14-3-7-22(8-4-14)21(17)20/h1-2,11,14,16-17,20-21H,3-10,12-13H2/t17-,20-,21-/m0/s1. The molecule has 0 amide bonds. The molecule has 1 aromatic rings. The Labute approximate surface area is 155 Å². The minimum atomic E-state index is 0.359. The second kappa shape index (κ2) is 6.11. The first-order valence-electron chi connectivity index (χ1n) is 10.4. The van der Waals surface area contributed by atoms with E-state index in [1.807, 2.05) is 0 Å². The molecule has 6 heterocycles. The summed E-state index contributed by atoms with van der Waals surface area (Å²) >= 11 is 0. The van der Waals surface area contributed by atoms with Gasteiger partial charge in [0.25, 0.3) is 0 Å². The zero-order valence-corrected chi connectivity index (χ0v) is 15.3. The van der Waals surface area contributed by atoms with Gasteiger partial charge in [0.1, 0.15) is 0 Å². The fourth-order valence-corrected chi connectivity index (χ4v) is 6.33. The van der Waals surface area contributed by atoms with Crippen LogP contribution in [0.3, 0.4) is 0 Å². The van der Waals surface area contributed by atoms with Crippen LogP contribution in [0, 0.1) is 5.92 Å². The molecule has 5 heteroatoms. The third-order valence-electron chi connectivity index (χ3n) is 7.52. The van der Waals surface area contributed by atoms with Crippen LogP contribution in [0.5, 0.6) is 11.5 Å². The number of fused-ring (bicyclic) bond motifs is 3. The minimum Gasteiger partial charge on any atom is -0.454 e. The number of benzene rings is 1. The molecule has 0 radical (unpaired) electrons. The van der Waals surface area contributed by atoms with Crippen molar-refractivity contribution in [3.05, 3.63) is 23.8 Å². The number of ether oxygens (including phenoxy) is 3. The topological polar surface area (TPSA) is 34.2 Å². The summed E-state index contributed by atoms with van der Waals surface area (Å²) in [6.45, 7) is 5.98. The summed E-state index contributed by atoms with van der Waals surface area (Å²) in [6.07, 6.45) is 5.16. The van der Waals surface area contributed by atoms with E-state index in [-0.39, 0.29) is 0 Å². The average Bonchev–Trinajstić information content (AvgIpc) is 3.35. The van der Waals surface area contributed by atoms with Crippen molar-refractivity contribution in [2.75, 3.05) is 39.6 Å². The van der Waals surface area contributed by atoms with E-state index in [9.17, 15) is 0 Å². The molecular weight excluding hydrogens is 328 g/mol. The molecule has 26 heavy (non-hydrogen) atoms. The Morgan fingerprint density at radius 1 is 0.885 bits per heavy atom. The van der Waals surface area contributed by atoms with Gasteiger partial charge in [0.05, 0.1) is 0 Å². The van der Waals surface area contributed by atoms with Gasteiger partial charge in [-0.3, -0.25) is 9.80 Å². The van der Waals surface area contributed by atoms with E-state index >= 15 is 0 Å². The van der Waals surface area contributed by atoms with E-state index in [4.69, 9.17) is 14.2 Å². The van der Waals surface area contributed by atoms with Gasteiger partial charge in [-0.25, -0.2) is 0 Å². The van der Waals surface area contributed by atoms with Crippen LogP contribution < -0.4 is 9.47 Å². The fraction of sp³-hybridized carbons (Fsp3) is 0.714. The summed E-state index contributed by atoms with van der Waals surface area (Å²) in [7, 11) is 0. The van der Waals surface area contributed by atoms with E-state index < -0.39 is 0 Å². The van der Waals surface area contributed by atoms with Crippen LogP contribution in [0.25, 0.3) is 0 Å². The largest absolute Gasteiger partial charge is 0.454 e. The number of hydrogen-bond donors (Lipinski definition) is 0. The van der Waals surface area contributed by atoms with Gasteiger partial charge in [0.2, 0.25) is 6.79 Å². The molecule has 0 saturated carbocycles. The molecule has 5 nitrogen and oxygen atoms in total. The molecule has 5 saturated heterocycles. The Morgan fingerprint density at radius 2 is 1.69 bits per heavy atom. The van der Waals surface area contributed by atoms with Gasteiger partial charge in [0, 0.05) is 43.8 Å². The Kier molecular flexibility index (Phi) is 3.70. The zero-order valence-electron chi connectivity index (χ0n) is 15.3. The maximum atomic E-state index is 5.67. The van der Waals surface area contributed by atoms with Crippen molar-refractivity contribution in [2.45, 2.75) is 49.7 Å². The van der Waals surface area contributed by atoms with Crippen molar-refractivity contribution >= 4 is 0 Å². The van der Waals surface area contributed by atoms with Gasteiger partial charge >= 0.3 is 0 Å². The van der Waals surface area contributed by atoms with Crippen molar-refractivity contribution in [3.63, 3.8) is 0 Å². The highest BCUT2D eigenvalue weighted by Gasteiger charge is 2.54. The maximum Gasteiger partial charge on any atom is 0.231 e. The third kappa shape index (κ3) is 2.33. The first kappa shape index (κ1) is 15.7. The second-order valence-electron chi connectivity index (χ2n) is 8.61. The lowest BCUT2D eigenvalue weighted by molar-refractivity contribution is -0.0389. The van der Waals surface area contributed by atoms with Crippen molar-refractivity contribution in [3.8, 4) is 11.5 Å². The van der Waals surface area contributed by atoms with Crippen molar-refractivity contribution in [1.82, 2.24) is 9.80 Å². The lowest BCUT2D eigenvalue weighted by atomic mass is 9.75. The molecule has 0 N–H and O–H groups in total. The summed E-state index contributed by atoms with van der Waals surface area (Å²) in [4.78, 5) is 5.68. The van der Waals surface area contributed by atoms with E-state index in [1.54, 1.807) is 0 Å². The first-order chi connectivity index (χ1) is 12.9. The third-order valence-corrected chi connectivity index (χ3v) is 7.52. The first-order valence-corrected chi connectivity index (χ1v) is 10.4. The van der Waals surface area contributed by atoms with Crippen molar-refractivity contribution in [1.29, 1.82) is 0 Å². The van der Waals surface area contributed by atoms with Crippen molar-refractivity contribution < 1.29 is 14.2 Å². The van der Waals surface area contributed by atoms with Crippen LogP contribution in [-0.2, 0) is 4.74 Å². The van der Waals surface area contributed by atoms with E-state index in [0.717, 1.165) is 36.7 Å². The minimum absolute atomic E-state index is 0.359. The zero-order chi connectivity index (χ0) is 17.1. The molecule has 1 aromatic carbocycles. The lowest BCUT2D eigenvalue weighted by Gasteiger charge is -2.52.